The van der Waals surface area contributed by atoms with Gasteiger partial charge in [0.15, 0.2) is 0 Å². The fourth-order valence-electron chi connectivity index (χ4n) is 4.95. The van der Waals surface area contributed by atoms with Crippen LogP contribution in [0.25, 0.3) is 0 Å². The van der Waals surface area contributed by atoms with E-state index in [0.29, 0.717) is 0 Å². The minimum absolute atomic E-state index is 0.170. The first-order valence-corrected chi connectivity index (χ1v) is 11.8. The minimum atomic E-state index is -0.170. The molecule has 0 unspecified atom stereocenters. The number of benzene rings is 2. The molecule has 1 N–H and O–H groups in total. The first kappa shape index (κ1) is 21.2. The van der Waals surface area contributed by atoms with E-state index in [-0.39, 0.29) is 5.82 Å². The quantitative estimate of drug-likeness (QED) is 0.614. The number of piperazine rings is 1. The Bertz CT molecular complexity index is 993. The van der Waals surface area contributed by atoms with Crippen molar-refractivity contribution in [3.05, 3.63) is 82.9 Å². The third kappa shape index (κ3) is 5.03. The molecular weight excluding hydrogens is 401 g/mol. The van der Waals surface area contributed by atoms with Crippen molar-refractivity contribution in [3.8, 4) is 0 Å². The third-order valence-electron chi connectivity index (χ3n) is 6.80. The topological polar surface area (TPSA) is 38.4 Å². The summed E-state index contributed by atoms with van der Waals surface area (Å²) in [5.41, 5.74) is 6.50. The second kappa shape index (κ2) is 9.84. The first-order valence-electron chi connectivity index (χ1n) is 11.8. The molecule has 3 aromatic rings. The molecule has 0 radical (unpaired) electrons. The second-order valence-corrected chi connectivity index (χ2v) is 8.98. The average molecular weight is 434 g/mol. The van der Waals surface area contributed by atoms with Gasteiger partial charge in [0, 0.05) is 69.2 Å². The van der Waals surface area contributed by atoms with E-state index < -0.39 is 0 Å². The maximum atomic E-state index is 13.2. The summed E-state index contributed by atoms with van der Waals surface area (Å²) in [6.45, 7) is 8.30. The van der Waals surface area contributed by atoms with Crippen LogP contribution in [-0.4, -0.2) is 59.3 Å². The molecule has 3 heterocycles. The number of aryl methyl sites for hydroxylation is 1. The van der Waals surface area contributed by atoms with Crippen LogP contribution >= 0.6 is 0 Å². The molecule has 0 aliphatic carbocycles. The molecule has 1 saturated heterocycles. The van der Waals surface area contributed by atoms with Gasteiger partial charge in [-0.3, -0.25) is 14.9 Å². The number of halogens is 1. The lowest BCUT2D eigenvalue weighted by atomic mass is 10.0. The summed E-state index contributed by atoms with van der Waals surface area (Å²) in [5.74, 6) is -0.170. The average Bonchev–Trinajstić information content (AvgIpc) is 3.23. The fraction of sp³-hybridized carbons (Fsp3) is 0.423. The van der Waals surface area contributed by atoms with Gasteiger partial charge in [-0.2, -0.15) is 5.10 Å². The van der Waals surface area contributed by atoms with Crippen molar-refractivity contribution < 1.29 is 4.39 Å². The number of rotatable bonds is 7. The molecule has 0 amide bonds. The maximum absolute atomic E-state index is 13.2. The standard InChI is InChI=1S/C26H32FN5/c27-22-8-10-23(11-9-22)32-17-15-30(16-18-32)13-4-7-25-24-20-31(14-12-26(24)29-28-25)19-21-5-2-1-3-6-21/h1-3,5-6,8-11H,4,7,12-20H2,(H,28,29). The summed E-state index contributed by atoms with van der Waals surface area (Å²) in [7, 11) is 0. The smallest absolute Gasteiger partial charge is 0.123 e. The zero-order chi connectivity index (χ0) is 21.8. The van der Waals surface area contributed by atoms with E-state index in [1.807, 2.05) is 12.1 Å². The number of hydrogen-bond acceptors (Lipinski definition) is 4. The molecule has 1 aromatic heterocycles. The molecular formula is C26H32FN5. The van der Waals surface area contributed by atoms with Gasteiger partial charge in [0.2, 0.25) is 0 Å². The van der Waals surface area contributed by atoms with Gasteiger partial charge in [-0.25, -0.2) is 4.39 Å². The molecule has 2 aromatic carbocycles. The van der Waals surface area contributed by atoms with E-state index in [0.717, 1.165) is 77.3 Å². The van der Waals surface area contributed by atoms with Crippen LogP contribution in [0.2, 0.25) is 0 Å². The van der Waals surface area contributed by atoms with Crippen molar-refractivity contribution in [2.75, 3.05) is 44.2 Å². The van der Waals surface area contributed by atoms with Crippen molar-refractivity contribution >= 4 is 5.69 Å². The van der Waals surface area contributed by atoms with Gasteiger partial charge in [-0.15, -0.1) is 0 Å². The minimum Gasteiger partial charge on any atom is -0.369 e. The van der Waals surface area contributed by atoms with Gasteiger partial charge >= 0.3 is 0 Å². The Morgan fingerprint density at radius 2 is 1.66 bits per heavy atom. The largest absolute Gasteiger partial charge is 0.369 e. The number of hydrogen-bond donors (Lipinski definition) is 1. The predicted molar refractivity (Wildman–Crippen MR) is 126 cm³/mol. The predicted octanol–water partition coefficient (Wildman–Crippen LogP) is 3.86. The van der Waals surface area contributed by atoms with Crippen LogP contribution in [0.1, 0.15) is 28.9 Å². The van der Waals surface area contributed by atoms with E-state index in [1.165, 1.54) is 22.5 Å². The highest BCUT2D eigenvalue weighted by atomic mass is 19.1. The van der Waals surface area contributed by atoms with Crippen LogP contribution in [0.3, 0.4) is 0 Å². The molecule has 32 heavy (non-hydrogen) atoms. The number of nitrogens with one attached hydrogen (secondary N) is 1. The van der Waals surface area contributed by atoms with Gasteiger partial charge in [-0.1, -0.05) is 30.3 Å². The zero-order valence-electron chi connectivity index (χ0n) is 18.6. The van der Waals surface area contributed by atoms with E-state index in [1.54, 1.807) is 12.1 Å². The van der Waals surface area contributed by atoms with E-state index >= 15 is 0 Å². The summed E-state index contributed by atoms with van der Waals surface area (Å²) < 4.78 is 13.2. The lowest BCUT2D eigenvalue weighted by molar-refractivity contribution is 0.242. The Morgan fingerprint density at radius 1 is 0.875 bits per heavy atom. The normalized spacial score (nSPS) is 17.5. The van der Waals surface area contributed by atoms with Crippen molar-refractivity contribution in [2.45, 2.75) is 32.4 Å². The van der Waals surface area contributed by atoms with Gasteiger partial charge in [-0.05, 0) is 49.2 Å². The van der Waals surface area contributed by atoms with Crippen LogP contribution in [0.15, 0.2) is 54.6 Å². The van der Waals surface area contributed by atoms with E-state index in [4.69, 9.17) is 0 Å². The SMILES string of the molecule is Fc1ccc(N2CCN(CCCc3[nH]nc4c3CN(Cc3ccccc3)CC4)CC2)cc1. The van der Waals surface area contributed by atoms with Gasteiger partial charge < -0.3 is 4.90 Å². The molecule has 5 nitrogen and oxygen atoms in total. The molecule has 0 bridgehead atoms. The lowest BCUT2D eigenvalue weighted by Gasteiger charge is -2.36. The molecule has 2 aliphatic rings. The van der Waals surface area contributed by atoms with Crippen molar-refractivity contribution in [1.29, 1.82) is 0 Å². The van der Waals surface area contributed by atoms with Crippen LogP contribution in [-0.2, 0) is 25.9 Å². The van der Waals surface area contributed by atoms with Crippen LogP contribution in [0, 0.1) is 5.82 Å². The lowest BCUT2D eigenvalue weighted by Crippen LogP contribution is -2.46. The highest BCUT2D eigenvalue weighted by molar-refractivity contribution is 5.46. The molecule has 0 spiro atoms. The van der Waals surface area contributed by atoms with Gasteiger partial charge in [0.1, 0.15) is 5.82 Å². The Balaban J connectivity index is 1.09. The molecule has 1 fully saturated rings. The molecule has 6 heteroatoms. The first-order chi connectivity index (χ1) is 15.7. The fourth-order valence-corrected chi connectivity index (χ4v) is 4.95. The van der Waals surface area contributed by atoms with Crippen molar-refractivity contribution in [2.24, 2.45) is 0 Å². The van der Waals surface area contributed by atoms with Crippen LogP contribution < -0.4 is 4.90 Å². The number of H-pyrrole nitrogens is 1. The highest BCUT2D eigenvalue weighted by Crippen LogP contribution is 2.23. The third-order valence-corrected chi connectivity index (χ3v) is 6.80. The molecule has 2 aliphatic heterocycles. The van der Waals surface area contributed by atoms with E-state index in [9.17, 15) is 4.39 Å². The number of fused-ring (bicyclic) bond motifs is 1. The summed E-state index contributed by atoms with van der Waals surface area (Å²) in [4.78, 5) is 7.43. The Hall–Kier alpha value is -2.70. The number of nitrogens with zero attached hydrogens (tertiary/aromatic N) is 4. The molecule has 0 atom stereocenters. The number of aromatic amines is 1. The van der Waals surface area contributed by atoms with Crippen LogP contribution in [0.5, 0.6) is 0 Å². The maximum Gasteiger partial charge on any atom is 0.123 e. The van der Waals surface area contributed by atoms with E-state index in [2.05, 4.69) is 55.2 Å². The number of anilines is 1. The molecule has 5 rings (SSSR count). The Kier molecular flexibility index (Phi) is 6.51. The van der Waals surface area contributed by atoms with Crippen molar-refractivity contribution in [3.63, 3.8) is 0 Å². The summed E-state index contributed by atoms with van der Waals surface area (Å²) in [5, 5.41) is 7.95. The van der Waals surface area contributed by atoms with Gasteiger partial charge in [0.05, 0.1) is 5.69 Å². The molecule has 168 valence electrons. The Morgan fingerprint density at radius 3 is 2.44 bits per heavy atom. The zero-order valence-corrected chi connectivity index (χ0v) is 18.6. The Labute approximate surface area is 189 Å². The van der Waals surface area contributed by atoms with Crippen molar-refractivity contribution in [1.82, 2.24) is 20.0 Å². The van der Waals surface area contributed by atoms with Gasteiger partial charge in [0.25, 0.3) is 0 Å². The second-order valence-electron chi connectivity index (χ2n) is 8.98. The van der Waals surface area contributed by atoms with Crippen LogP contribution in [0.4, 0.5) is 10.1 Å². The summed E-state index contributed by atoms with van der Waals surface area (Å²) in [6.07, 6.45) is 3.23. The highest BCUT2D eigenvalue weighted by Gasteiger charge is 2.22. The summed E-state index contributed by atoms with van der Waals surface area (Å²) in [6, 6.07) is 17.6. The molecule has 0 saturated carbocycles. The summed E-state index contributed by atoms with van der Waals surface area (Å²) >= 11 is 0. The monoisotopic (exact) mass is 433 g/mol. The number of aromatic nitrogens is 2.